The molecule has 0 atom stereocenters. The van der Waals surface area contributed by atoms with Crippen LogP contribution in [0.5, 0.6) is 0 Å². The average molecular weight is 279 g/mol. The van der Waals surface area contributed by atoms with E-state index < -0.39 is 24.1 Å². The molecular formula is C7H8O6Zr. The maximum absolute atomic E-state index is 9.83. The van der Waals surface area contributed by atoms with Gasteiger partial charge in [-0.25, -0.2) is 0 Å². The second kappa shape index (κ2) is 10.2. The molecule has 0 radical (unpaired) electrons. The van der Waals surface area contributed by atoms with Crippen molar-refractivity contribution in [3.63, 3.8) is 0 Å². The van der Waals surface area contributed by atoms with Crippen LogP contribution in [0, 0.1) is 0 Å². The number of rotatable bonds is 3. The summed E-state index contributed by atoms with van der Waals surface area (Å²) < 4.78 is 0. The largest absolute Gasteiger partial charge is 2.00 e. The third-order valence-corrected chi connectivity index (χ3v) is 0.681. The SMILES string of the molecule is CC(=O)C(=O)[O-].CC(=O)CC(=O)[O-].[Zr+2]. The van der Waals surface area contributed by atoms with Gasteiger partial charge in [-0.2, -0.15) is 0 Å². The van der Waals surface area contributed by atoms with Crippen molar-refractivity contribution in [3.05, 3.63) is 0 Å². The third-order valence-electron chi connectivity index (χ3n) is 0.681. The van der Waals surface area contributed by atoms with Gasteiger partial charge in [-0.1, -0.05) is 0 Å². The number of carbonyl (C=O) groups excluding carboxylic acids is 4. The Morgan fingerprint density at radius 3 is 1.29 bits per heavy atom. The summed E-state index contributed by atoms with van der Waals surface area (Å²) in [5.74, 6) is -4.25. The van der Waals surface area contributed by atoms with Crippen LogP contribution in [-0.2, 0) is 45.4 Å². The van der Waals surface area contributed by atoms with Crippen LogP contribution in [0.2, 0.25) is 0 Å². The van der Waals surface area contributed by atoms with Gasteiger partial charge in [0.05, 0.1) is 0 Å². The fourth-order valence-corrected chi connectivity index (χ4v) is 0.203. The Morgan fingerprint density at radius 1 is 1.00 bits per heavy atom. The van der Waals surface area contributed by atoms with E-state index in [1.807, 2.05) is 0 Å². The van der Waals surface area contributed by atoms with Crippen LogP contribution in [-0.4, -0.2) is 23.5 Å². The first-order chi connectivity index (χ1) is 5.77. The summed E-state index contributed by atoms with van der Waals surface area (Å²) in [5, 5.41) is 18.7. The summed E-state index contributed by atoms with van der Waals surface area (Å²) >= 11 is 0. The van der Waals surface area contributed by atoms with Gasteiger partial charge >= 0.3 is 26.2 Å². The summed E-state index contributed by atoms with van der Waals surface area (Å²) in [7, 11) is 0. The van der Waals surface area contributed by atoms with E-state index in [2.05, 4.69) is 0 Å². The molecule has 6 nitrogen and oxygen atoms in total. The molecule has 0 aromatic rings. The monoisotopic (exact) mass is 278 g/mol. The van der Waals surface area contributed by atoms with Crippen molar-refractivity contribution in [2.75, 3.05) is 0 Å². The normalized spacial score (nSPS) is 7.29. The molecule has 0 aliphatic heterocycles. The minimum absolute atomic E-state index is 0. The van der Waals surface area contributed by atoms with E-state index in [0.29, 0.717) is 0 Å². The van der Waals surface area contributed by atoms with Crippen molar-refractivity contribution >= 4 is 23.5 Å². The van der Waals surface area contributed by atoms with E-state index in [9.17, 15) is 29.4 Å². The van der Waals surface area contributed by atoms with E-state index in [1.165, 1.54) is 6.92 Å². The van der Waals surface area contributed by atoms with Crippen molar-refractivity contribution in [1.82, 2.24) is 0 Å². The molecule has 0 aromatic carbocycles. The third kappa shape index (κ3) is 22.5. The van der Waals surface area contributed by atoms with Gasteiger partial charge in [0.15, 0.2) is 5.78 Å². The van der Waals surface area contributed by atoms with E-state index in [4.69, 9.17) is 0 Å². The van der Waals surface area contributed by atoms with Gasteiger partial charge in [-0.05, 0) is 6.92 Å². The van der Waals surface area contributed by atoms with Gasteiger partial charge in [0.1, 0.15) is 11.8 Å². The van der Waals surface area contributed by atoms with Crippen LogP contribution < -0.4 is 10.2 Å². The molecule has 0 aromatic heterocycles. The number of carbonyl (C=O) groups is 4. The number of hydrogen-bond acceptors (Lipinski definition) is 6. The Labute approximate surface area is 99.4 Å². The fraction of sp³-hybridized carbons (Fsp3) is 0.429. The Morgan fingerprint density at radius 2 is 1.29 bits per heavy atom. The Kier molecular flexibility index (Phi) is 13.8. The Hall–Kier alpha value is -0.837. The molecule has 0 N–H and O–H groups in total. The molecule has 76 valence electrons. The van der Waals surface area contributed by atoms with Crippen molar-refractivity contribution in [2.24, 2.45) is 0 Å². The van der Waals surface area contributed by atoms with E-state index in [0.717, 1.165) is 6.92 Å². The van der Waals surface area contributed by atoms with Gasteiger partial charge in [-0.3, -0.25) is 9.59 Å². The van der Waals surface area contributed by atoms with Crippen molar-refractivity contribution in [1.29, 1.82) is 0 Å². The zero-order valence-electron chi connectivity index (χ0n) is 7.66. The maximum Gasteiger partial charge on any atom is 2.00 e. The number of aliphatic carboxylic acids is 2. The van der Waals surface area contributed by atoms with Gasteiger partial charge in [0.25, 0.3) is 0 Å². The van der Waals surface area contributed by atoms with Gasteiger partial charge in [0, 0.05) is 19.3 Å². The minimum Gasteiger partial charge on any atom is -0.550 e. The minimum atomic E-state index is -1.63. The number of hydrogen-bond donors (Lipinski definition) is 0. The summed E-state index contributed by atoms with van der Waals surface area (Å²) in [6, 6.07) is 0. The molecule has 0 unspecified atom stereocenters. The van der Waals surface area contributed by atoms with Gasteiger partial charge in [0.2, 0.25) is 0 Å². The molecule has 14 heavy (non-hydrogen) atoms. The molecule has 0 aliphatic rings. The Bertz CT molecular complexity index is 210. The zero-order valence-corrected chi connectivity index (χ0v) is 10.1. The van der Waals surface area contributed by atoms with E-state index >= 15 is 0 Å². The van der Waals surface area contributed by atoms with Crippen LogP contribution >= 0.6 is 0 Å². The smallest absolute Gasteiger partial charge is 0.550 e. The van der Waals surface area contributed by atoms with Gasteiger partial charge < -0.3 is 19.8 Å². The second-order valence-corrected chi connectivity index (χ2v) is 2.09. The molecule has 0 saturated heterocycles. The van der Waals surface area contributed by atoms with Crippen LogP contribution in [0.3, 0.4) is 0 Å². The predicted octanol–water partition coefficient (Wildman–Crippen LogP) is -2.96. The Balaban J connectivity index is -0.000000163. The molecule has 0 saturated carbocycles. The predicted molar refractivity (Wildman–Crippen MR) is 36.0 cm³/mol. The molecule has 0 bridgehead atoms. The number of carboxylic acids is 2. The molecule has 0 rings (SSSR count). The number of carboxylic acid groups (broad SMARTS) is 2. The van der Waals surface area contributed by atoms with E-state index in [1.54, 1.807) is 0 Å². The molecule has 0 spiro atoms. The number of Topliss-reactive ketones (excluding diaryl/α,β-unsaturated/α-hetero) is 2. The topological polar surface area (TPSA) is 114 Å². The van der Waals surface area contributed by atoms with Crippen LogP contribution in [0.1, 0.15) is 20.3 Å². The van der Waals surface area contributed by atoms with Crippen molar-refractivity contribution in [3.8, 4) is 0 Å². The maximum atomic E-state index is 9.83. The first-order valence-electron chi connectivity index (χ1n) is 3.18. The van der Waals surface area contributed by atoms with Crippen molar-refractivity contribution < 1.29 is 55.6 Å². The summed E-state index contributed by atoms with van der Waals surface area (Å²) in [4.78, 5) is 38.0. The first-order valence-corrected chi connectivity index (χ1v) is 3.18. The van der Waals surface area contributed by atoms with Crippen LogP contribution in [0.4, 0.5) is 0 Å². The van der Waals surface area contributed by atoms with Crippen LogP contribution in [0.25, 0.3) is 0 Å². The molecular weight excluding hydrogens is 271 g/mol. The second-order valence-electron chi connectivity index (χ2n) is 2.09. The van der Waals surface area contributed by atoms with Crippen LogP contribution in [0.15, 0.2) is 0 Å². The summed E-state index contributed by atoms with van der Waals surface area (Å²) in [6.07, 6.45) is -0.472. The summed E-state index contributed by atoms with van der Waals surface area (Å²) in [6.45, 7) is 2.14. The molecule has 7 heteroatoms. The summed E-state index contributed by atoms with van der Waals surface area (Å²) in [5.41, 5.74) is 0. The molecule has 0 fully saturated rings. The first kappa shape index (κ1) is 18.9. The van der Waals surface area contributed by atoms with E-state index in [-0.39, 0.29) is 32.0 Å². The standard InChI is InChI=1S/C4H6O3.C3H4O3.Zr/c1-3(5)2-4(6)7;1-2(4)3(5)6;/h2H2,1H3,(H,6,7);1H3,(H,5,6);/q;;+2/p-2. The molecule has 0 aliphatic carbocycles. The fourth-order valence-electron chi connectivity index (χ4n) is 0.203. The zero-order chi connectivity index (χ0) is 11.0. The molecule has 0 amide bonds. The average Bonchev–Trinajstić information content (AvgIpc) is 1.84. The van der Waals surface area contributed by atoms with Crippen molar-refractivity contribution in [2.45, 2.75) is 20.3 Å². The molecule has 0 heterocycles. The number of ketones is 2. The quantitative estimate of drug-likeness (QED) is 0.403. The van der Waals surface area contributed by atoms with Gasteiger partial charge in [-0.15, -0.1) is 0 Å².